The first-order chi connectivity index (χ1) is 14.4. The lowest BCUT2D eigenvalue weighted by atomic mass is 9.99. The van der Waals surface area contributed by atoms with Crippen LogP contribution in [0.3, 0.4) is 0 Å². The van der Waals surface area contributed by atoms with Gasteiger partial charge in [-0.2, -0.15) is 4.98 Å². The number of aliphatic hydroxyl groups excluding tert-OH is 1. The molecule has 2 aromatic rings. The number of aliphatic hydroxyl groups is 1. The van der Waals surface area contributed by atoms with E-state index >= 15 is 0 Å². The standard InChI is InChI=1S/C23H37N5O2/c1-6-8-19(15-29)26-22-20(16(2)25-23(24)27-22)14-18-11-10-17(13-21(18)30-5)9-7-12-28(3)4/h10-11,13,19,29H,6-9,12,14-15H2,1-5H3,(H3,24,25,26,27)/t19-/m0/s1. The highest BCUT2D eigenvalue weighted by molar-refractivity contribution is 5.53. The van der Waals surface area contributed by atoms with Crippen LogP contribution in [0, 0.1) is 6.92 Å². The Morgan fingerprint density at radius 3 is 2.67 bits per heavy atom. The molecule has 0 radical (unpaired) electrons. The van der Waals surface area contributed by atoms with Crippen LogP contribution in [-0.2, 0) is 12.8 Å². The van der Waals surface area contributed by atoms with Crippen LogP contribution < -0.4 is 15.8 Å². The molecule has 1 heterocycles. The van der Waals surface area contributed by atoms with Gasteiger partial charge in [-0.25, -0.2) is 4.98 Å². The Kier molecular flexibility index (Phi) is 9.33. The zero-order valence-electron chi connectivity index (χ0n) is 19.0. The van der Waals surface area contributed by atoms with Crippen LogP contribution in [0.2, 0.25) is 0 Å². The molecule has 0 saturated heterocycles. The molecule has 0 saturated carbocycles. The summed E-state index contributed by atoms with van der Waals surface area (Å²) < 4.78 is 5.69. The fraction of sp³-hybridized carbons (Fsp3) is 0.565. The van der Waals surface area contributed by atoms with Crippen molar-refractivity contribution in [1.29, 1.82) is 0 Å². The summed E-state index contributed by atoms with van der Waals surface area (Å²) in [6, 6.07) is 6.35. The van der Waals surface area contributed by atoms with Gasteiger partial charge in [0.2, 0.25) is 5.95 Å². The number of anilines is 2. The number of hydrogen-bond acceptors (Lipinski definition) is 7. The zero-order valence-corrected chi connectivity index (χ0v) is 19.0. The molecule has 0 bridgehead atoms. The summed E-state index contributed by atoms with van der Waals surface area (Å²) >= 11 is 0. The third-order valence-electron chi connectivity index (χ3n) is 5.22. The minimum atomic E-state index is -0.0663. The molecule has 0 amide bonds. The number of nitrogen functional groups attached to an aromatic ring is 1. The smallest absolute Gasteiger partial charge is 0.222 e. The molecule has 166 valence electrons. The minimum Gasteiger partial charge on any atom is -0.496 e. The first-order valence-corrected chi connectivity index (χ1v) is 10.7. The molecule has 2 rings (SSSR count). The maximum Gasteiger partial charge on any atom is 0.222 e. The van der Waals surface area contributed by atoms with Gasteiger partial charge in [0, 0.05) is 17.7 Å². The number of nitrogens with zero attached hydrogens (tertiary/aromatic N) is 3. The van der Waals surface area contributed by atoms with Gasteiger partial charge in [0.15, 0.2) is 0 Å². The highest BCUT2D eigenvalue weighted by Crippen LogP contribution is 2.28. The highest BCUT2D eigenvalue weighted by atomic mass is 16.5. The van der Waals surface area contributed by atoms with Crippen LogP contribution in [0.25, 0.3) is 0 Å². The molecule has 1 aromatic carbocycles. The molecule has 7 nitrogen and oxygen atoms in total. The summed E-state index contributed by atoms with van der Waals surface area (Å²) in [4.78, 5) is 11.0. The van der Waals surface area contributed by atoms with E-state index < -0.39 is 0 Å². The third-order valence-corrected chi connectivity index (χ3v) is 5.22. The summed E-state index contributed by atoms with van der Waals surface area (Å²) in [6.07, 6.45) is 4.56. The molecule has 0 aliphatic rings. The second kappa shape index (κ2) is 11.7. The minimum absolute atomic E-state index is 0.0429. The number of aromatic nitrogens is 2. The first kappa shape index (κ1) is 23.9. The normalized spacial score (nSPS) is 12.2. The average molecular weight is 416 g/mol. The van der Waals surface area contributed by atoms with Gasteiger partial charge in [-0.05, 0) is 64.0 Å². The van der Waals surface area contributed by atoms with Crippen LogP contribution in [0.15, 0.2) is 18.2 Å². The Labute approximate surface area is 180 Å². The van der Waals surface area contributed by atoms with Crippen LogP contribution in [-0.4, -0.2) is 60.4 Å². The summed E-state index contributed by atoms with van der Waals surface area (Å²) in [5.41, 5.74) is 10.0. The first-order valence-electron chi connectivity index (χ1n) is 10.7. The molecule has 4 N–H and O–H groups in total. The molecule has 0 aliphatic carbocycles. The average Bonchev–Trinajstić information content (AvgIpc) is 2.70. The van der Waals surface area contributed by atoms with E-state index in [1.165, 1.54) is 5.56 Å². The summed E-state index contributed by atoms with van der Waals surface area (Å²) in [5, 5.41) is 13.1. The molecule has 30 heavy (non-hydrogen) atoms. The number of aryl methyl sites for hydroxylation is 2. The SMILES string of the molecule is CCC[C@@H](CO)Nc1nc(N)nc(C)c1Cc1ccc(CCCN(C)C)cc1OC. The third kappa shape index (κ3) is 6.85. The number of rotatable bonds is 12. The molecule has 0 fully saturated rings. The van der Waals surface area contributed by atoms with Crippen molar-refractivity contribution in [3.63, 3.8) is 0 Å². The largest absolute Gasteiger partial charge is 0.496 e. The van der Waals surface area contributed by atoms with Gasteiger partial charge >= 0.3 is 0 Å². The van der Waals surface area contributed by atoms with Gasteiger partial charge in [0.25, 0.3) is 0 Å². The predicted octanol–water partition coefficient (Wildman–Crippen LogP) is 3.03. The Morgan fingerprint density at radius 1 is 1.27 bits per heavy atom. The summed E-state index contributed by atoms with van der Waals surface area (Å²) in [7, 11) is 5.89. The molecular weight excluding hydrogens is 378 g/mol. The number of ether oxygens (including phenoxy) is 1. The van der Waals surface area contributed by atoms with Crippen molar-refractivity contribution in [2.24, 2.45) is 0 Å². The Morgan fingerprint density at radius 2 is 2.03 bits per heavy atom. The highest BCUT2D eigenvalue weighted by Gasteiger charge is 2.17. The number of hydrogen-bond donors (Lipinski definition) is 3. The summed E-state index contributed by atoms with van der Waals surface area (Å²) in [5.74, 6) is 1.78. The quantitative estimate of drug-likeness (QED) is 0.490. The Balaban J connectivity index is 2.27. The van der Waals surface area contributed by atoms with Crippen molar-refractivity contribution in [2.45, 2.75) is 52.0 Å². The van der Waals surface area contributed by atoms with E-state index in [2.05, 4.69) is 59.4 Å². The maximum atomic E-state index is 9.70. The number of benzene rings is 1. The van der Waals surface area contributed by atoms with E-state index in [1.807, 2.05) is 6.92 Å². The predicted molar refractivity (Wildman–Crippen MR) is 123 cm³/mol. The van der Waals surface area contributed by atoms with Crippen LogP contribution in [0.4, 0.5) is 11.8 Å². The lowest BCUT2D eigenvalue weighted by Crippen LogP contribution is -2.25. The van der Waals surface area contributed by atoms with Gasteiger partial charge in [0.1, 0.15) is 11.6 Å². The van der Waals surface area contributed by atoms with E-state index in [0.717, 1.165) is 54.8 Å². The Bertz CT molecular complexity index is 810. The van der Waals surface area contributed by atoms with E-state index in [9.17, 15) is 5.11 Å². The number of nitrogens with one attached hydrogen (secondary N) is 1. The van der Waals surface area contributed by atoms with Crippen LogP contribution in [0.1, 0.15) is 48.6 Å². The molecule has 7 heteroatoms. The van der Waals surface area contributed by atoms with Crippen LogP contribution in [0.5, 0.6) is 5.75 Å². The van der Waals surface area contributed by atoms with Crippen molar-refractivity contribution in [2.75, 3.05) is 45.4 Å². The van der Waals surface area contributed by atoms with Gasteiger partial charge in [-0.3, -0.25) is 0 Å². The topological polar surface area (TPSA) is 96.5 Å². The summed E-state index contributed by atoms with van der Waals surface area (Å²) in [6.45, 7) is 5.14. The van der Waals surface area contributed by atoms with E-state index in [1.54, 1.807) is 7.11 Å². The number of nitrogens with two attached hydrogens (primary N) is 1. The van der Waals surface area contributed by atoms with Crippen molar-refractivity contribution in [1.82, 2.24) is 14.9 Å². The molecule has 1 aromatic heterocycles. The van der Waals surface area contributed by atoms with E-state index in [-0.39, 0.29) is 18.6 Å². The van der Waals surface area contributed by atoms with Gasteiger partial charge in [0.05, 0.1) is 19.8 Å². The zero-order chi connectivity index (χ0) is 22.1. The van der Waals surface area contributed by atoms with Crippen molar-refractivity contribution in [3.8, 4) is 5.75 Å². The lowest BCUT2D eigenvalue weighted by Gasteiger charge is -2.20. The second-order valence-corrected chi connectivity index (χ2v) is 8.04. The fourth-order valence-electron chi connectivity index (χ4n) is 3.58. The van der Waals surface area contributed by atoms with Crippen molar-refractivity contribution >= 4 is 11.8 Å². The second-order valence-electron chi connectivity index (χ2n) is 8.04. The molecule has 1 atom stereocenters. The van der Waals surface area contributed by atoms with E-state index in [0.29, 0.717) is 12.2 Å². The van der Waals surface area contributed by atoms with Crippen molar-refractivity contribution < 1.29 is 9.84 Å². The molecule has 0 spiro atoms. The molecule has 0 aliphatic heterocycles. The number of methoxy groups -OCH3 is 1. The van der Waals surface area contributed by atoms with Gasteiger partial charge in [-0.15, -0.1) is 0 Å². The Hall–Kier alpha value is -2.38. The lowest BCUT2D eigenvalue weighted by molar-refractivity contribution is 0.268. The van der Waals surface area contributed by atoms with Crippen LogP contribution >= 0.6 is 0 Å². The fourth-order valence-corrected chi connectivity index (χ4v) is 3.58. The van der Waals surface area contributed by atoms with E-state index in [4.69, 9.17) is 10.5 Å². The van der Waals surface area contributed by atoms with Gasteiger partial charge < -0.3 is 25.8 Å². The monoisotopic (exact) mass is 415 g/mol. The van der Waals surface area contributed by atoms with Gasteiger partial charge in [-0.1, -0.05) is 25.5 Å². The molecule has 0 unspecified atom stereocenters. The maximum absolute atomic E-state index is 9.70. The molecular formula is C23H37N5O2. The van der Waals surface area contributed by atoms with Crippen molar-refractivity contribution in [3.05, 3.63) is 40.6 Å².